The van der Waals surface area contributed by atoms with Crippen LogP contribution in [0.25, 0.3) is 5.69 Å². The predicted molar refractivity (Wildman–Crippen MR) is 82.0 cm³/mol. The largest absolute Gasteiger partial charge is 0.339 e. The second-order valence-corrected chi connectivity index (χ2v) is 5.12. The topological polar surface area (TPSA) is 63.1 Å². The molecule has 0 radical (unpaired) electrons. The van der Waals surface area contributed by atoms with Gasteiger partial charge in [0.15, 0.2) is 5.69 Å². The summed E-state index contributed by atoms with van der Waals surface area (Å²) in [5, 5.41) is 11.6. The standard InChI is InChI=1S/C14H18ClN5O/c1-10-13(14(21)19(3)9-8-16-2)17-18-20(10)12-7-5-4-6-11(12)15/h4-7,16H,8-9H2,1-3H3. The Morgan fingerprint density at radius 3 is 2.81 bits per heavy atom. The van der Waals surface area contributed by atoms with Crippen LogP contribution >= 0.6 is 11.6 Å². The summed E-state index contributed by atoms with van der Waals surface area (Å²) < 4.78 is 1.58. The van der Waals surface area contributed by atoms with Crippen molar-refractivity contribution in [3.8, 4) is 5.69 Å². The van der Waals surface area contributed by atoms with Gasteiger partial charge < -0.3 is 10.2 Å². The number of carbonyl (C=O) groups excluding carboxylic acids is 1. The summed E-state index contributed by atoms with van der Waals surface area (Å²) in [7, 11) is 3.59. The van der Waals surface area contributed by atoms with E-state index in [4.69, 9.17) is 11.6 Å². The summed E-state index contributed by atoms with van der Waals surface area (Å²) in [4.78, 5) is 14.0. The van der Waals surface area contributed by atoms with Crippen molar-refractivity contribution in [1.29, 1.82) is 0 Å². The fourth-order valence-electron chi connectivity index (χ4n) is 1.94. The van der Waals surface area contributed by atoms with Gasteiger partial charge in [-0.2, -0.15) is 0 Å². The summed E-state index contributed by atoms with van der Waals surface area (Å²) in [5.74, 6) is -0.152. The molecule has 21 heavy (non-hydrogen) atoms. The minimum absolute atomic E-state index is 0.152. The fourth-order valence-corrected chi connectivity index (χ4v) is 2.16. The minimum Gasteiger partial charge on any atom is -0.339 e. The zero-order valence-electron chi connectivity index (χ0n) is 12.3. The second kappa shape index (κ2) is 6.69. The molecule has 2 aromatic rings. The molecule has 0 atom stereocenters. The van der Waals surface area contributed by atoms with E-state index >= 15 is 0 Å². The molecule has 1 amide bonds. The molecule has 0 saturated heterocycles. The molecular weight excluding hydrogens is 290 g/mol. The van der Waals surface area contributed by atoms with Crippen molar-refractivity contribution >= 4 is 17.5 Å². The average molecular weight is 308 g/mol. The van der Waals surface area contributed by atoms with Crippen LogP contribution in [0.3, 0.4) is 0 Å². The lowest BCUT2D eigenvalue weighted by molar-refractivity contribution is 0.0790. The summed E-state index contributed by atoms with van der Waals surface area (Å²) in [6.45, 7) is 3.14. The number of nitrogens with one attached hydrogen (secondary N) is 1. The Morgan fingerprint density at radius 1 is 1.43 bits per heavy atom. The smallest absolute Gasteiger partial charge is 0.276 e. The highest BCUT2D eigenvalue weighted by Gasteiger charge is 2.21. The molecule has 1 heterocycles. The molecule has 6 nitrogen and oxygen atoms in total. The van der Waals surface area contributed by atoms with Crippen molar-refractivity contribution in [1.82, 2.24) is 25.2 Å². The highest BCUT2D eigenvalue weighted by atomic mass is 35.5. The molecule has 1 N–H and O–H groups in total. The molecule has 1 aromatic heterocycles. The number of benzene rings is 1. The van der Waals surface area contributed by atoms with Gasteiger partial charge >= 0.3 is 0 Å². The first-order chi connectivity index (χ1) is 10.1. The zero-order chi connectivity index (χ0) is 15.4. The minimum atomic E-state index is -0.152. The molecule has 0 aliphatic heterocycles. The van der Waals surface area contributed by atoms with Crippen LogP contribution in [0.4, 0.5) is 0 Å². The van der Waals surface area contributed by atoms with E-state index in [9.17, 15) is 4.79 Å². The average Bonchev–Trinajstić information content (AvgIpc) is 2.86. The Kier molecular flexibility index (Phi) is 4.93. The Morgan fingerprint density at radius 2 is 2.14 bits per heavy atom. The second-order valence-electron chi connectivity index (χ2n) is 4.72. The van der Waals surface area contributed by atoms with E-state index in [2.05, 4.69) is 15.6 Å². The van der Waals surface area contributed by atoms with Gasteiger partial charge in [-0.05, 0) is 26.1 Å². The highest BCUT2D eigenvalue weighted by molar-refractivity contribution is 6.32. The lowest BCUT2D eigenvalue weighted by Crippen LogP contribution is -2.33. The van der Waals surface area contributed by atoms with E-state index in [-0.39, 0.29) is 5.91 Å². The highest BCUT2D eigenvalue weighted by Crippen LogP contribution is 2.21. The van der Waals surface area contributed by atoms with Crippen LogP contribution in [0.1, 0.15) is 16.2 Å². The van der Waals surface area contributed by atoms with Gasteiger partial charge in [0, 0.05) is 20.1 Å². The summed E-state index contributed by atoms with van der Waals surface area (Å²) in [5.41, 5.74) is 1.72. The molecule has 0 unspecified atom stereocenters. The van der Waals surface area contributed by atoms with Crippen molar-refractivity contribution < 1.29 is 4.79 Å². The third-order valence-corrected chi connectivity index (χ3v) is 3.54. The molecule has 0 aliphatic carbocycles. The Balaban J connectivity index is 2.29. The summed E-state index contributed by atoms with van der Waals surface area (Å²) in [6, 6.07) is 7.32. The van der Waals surface area contributed by atoms with Gasteiger partial charge in [0.1, 0.15) is 0 Å². The third kappa shape index (κ3) is 3.22. The van der Waals surface area contributed by atoms with Crippen molar-refractivity contribution in [3.05, 3.63) is 40.7 Å². The normalized spacial score (nSPS) is 10.7. The van der Waals surface area contributed by atoms with Crippen molar-refractivity contribution in [2.24, 2.45) is 0 Å². The van der Waals surface area contributed by atoms with Crippen LogP contribution in [-0.4, -0.2) is 53.0 Å². The molecule has 0 bridgehead atoms. The number of likely N-dealkylation sites (N-methyl/N-ethyl adjacent to an activating group) is 2. The Labute approximate surface area is 128 Å². The maximum atomic E-state index is 12.4. The monoisotopic (exact) mass is 307 g/mol. The zero-order valence-corrected chi connectivity index (χ0v) is 13.1. The fraction of sp³-hybridized carbons (Fsp3) is 0.357. The molecular formula is C14H18ClN5O. The molecule has 1 aromatic carbocycles. The molecule has 7 heteroatoms. The number of amides is 1. The van der Waals surface area contributed by atoms with Crippen LogP contribution in [0, 0.1) is 6.92 Å². The summed E-state index contributed by atoms with van der Waals surface area (Å²) in [6.07, 6.45) is 0. The number of para-hydroxylation sites is 1. The number of aromatic nitrogens is 3. The van der Waals surface area contributed by atoms with Crippen molar-refractivity contribution in [2.45, 2.75) is 6.92 Å². The lowest BCUT2D eigenvalue weighted by Gasteiger charge is -2.15. The number of nitrogens with zero attached hydrogens (tertiary/aromatic N) is 4. The maximum Gasteiger partial charge on any atom is 0.276 e. The van der Waals surface area contributed by atoms with Gasteiger partial charge in [0.05, 0.1) is 16.4 Å². The van der Waals surface area contributed by atoms with Crippen molar-refractivity contribution in [2.75, 3.05) is 27.2 Å². The van der Waals surface area contributed by atoms with Gasteiger partial charge in [0.25, 0.3) is 5.91 Å². The van der Waals surface area contributed by atoms with Gasteiger partial charge in [0.2, 0.25) is 0 Å². The lowest BCUT2D eigenvalue weighted by atomic mass is 10.2. The number of rotatable bonds is 5. The SMILES string of the molecule is CNCCN(C)C(=O)c1nnn(-c2ccccc2Cl)c1C. The summed E-state index contributed by atoms with van der Waals surface area (Å²) >= 11 is 6.16. The van der Waals surface area contributed by atoms with Gasteiger partial charge in [-0.1, -0.05) is 28.9 Å². The number of carbonyl (C=O) groups is 1. The van der Waals surface area contributed by atoms with Gasteiger partial charge in [-0.3, -0.25) is 4.79 Å². The van der Waals surface area contributed by atoms with Crippen LogP contribution in [-0.2, 0) is 0 Å². The van der Waals surface area contributed by atoms with Crippen LogP contribution in [0.15, 0.2) is 24.3 Å². The van der Waals surface area contributed by atoms with Gasteiger partial charge in [-0.15, -0.1) is 5.10 Å². The third-order valence-electron chi connectivity index (χ3n) is 3.22. The molecule has 0 aliphatic rings. The van der Waals surface area contributed by atoms with E-state index in [0.29, 0.717) is 28.6 Å². The predicted octanol–water partition coefficient (Wildman–Crippen LogP) is 1.52. The van der Waals surface area contributed by atoms with Gasteiger partial charge in [-0.25, -0.2) is 4.68 Å². The maximum absolute atomic E-state index is 12.4. The first-order valence-electron chi connectivity index (χ1n) is 6.63. The Hall–Kier alpha value is -1.92. The quantitative estimate of drug-likeness (QED) is 0.910. The van der Waals surface area contributed by atoms with E-state index in [1.807, 2.05) is 32.2 Å². The number of hydrogen-bond acceptors (Lipinski definition) is 4. The first-order valence-corrected chi connectivity index (χ1v) is 7.01. The van der Waals surface area contributed by atoms with E-state index < -0.39 is 0 Å². The first kappa shape index (κ1) is 15.5. The van der Waals surface area contributed by atoms with E-state index in [1.54, 1.807) is 22.7 Å². The molecule has 0 spiro atoms. The van der Waals surface area contributed by atoms with E-state index in [1.165, 1.54) is 0 Å². The van der Waals surface area contributed by atoms with E-state index in [0.717, 1.165) is 6.54 Å². The van der Waals surface area contributed by atoms with Crippen LogP contribution in [0.2, 0.25) is 5.02 Å². The number of halogens is 1. The molecule has 112 valence electrons. The number of hydrogen-bond donors (Lipinski definition) is 1. The van der Waals surface area contributed by atoms with Crippen LogP contribution in [0.5, 0.6) is 0 Å². The molecule has 2 rings (SSSR count). The Bertz CT molecular complexity index is 640. The van der Waals surface area contributed by atoms with Crippen molar-refractivity contribution in [3.63, 3.8) is 0 Å². The molecule has 0 saturated carbocycles. The molecule has 0 fully saturated rings. The van der Waals surface area contributed by atoms with Crippen LogP contribution < -0.4 is 5.32 Å².